The fourth-order valence-corrected chi connectivity index (χ4v) is 1.30. The van der Waals surface area contributed by atoms with Crippen molar-refractivity contribution in [1.82, 2.24) is 4.98 Å². The third kappa shape index (κ3) is 2.54. The molecule has 0 aliphatic carbocycles. The normalized spacial score (nSPS) is 10.4. The summed E-state index contributed by atoms with van der Waals surface area (Å²) in [6.45, 7) is 3.75. The van der Waals surface area contributed by atoms with Crippen LogP contribution in [0.25, 0.3) is 0 Å². The van der Waals surface area contributed by atoms with Crippen molar-refractivity contribution >= 4 is 27.7 Å². The van der Waals surface area contributed by atoms with Crippen molar-refractivity contribution < 1.29 is 4.79 Å². The van der Waals surface area contributed by atoms with Gasteiger partial charge in [0.15, 0.2) is 0 Å². The van der Waals surface area contributed by atoms with E-state index in [0.29, 0.717) is 5.82 Å². The van der Waals surface area contributed by atoms with Crippen LogP contribution in [-0.4, -0.2) is 17.9 Å². The van der Waals surface area contributed by atoms with Crippen LogP contribution < -0.4 is 4.90 Å². The molecule has 0 unspecified atom stereocenters. The molecule has 1 aromatic rings. The van der Waals surface area contributed by atoms with E-state index < -0.39 is 0 Å². The van der Waals surface area contributed by atoms with Gasteiger partial charge >= 0.3 is 0 Å². The molecule has 0 radical (unpaired) electrons. The number of halogens is 1. The van der Waals surface area contributed by atoms with Crippen molar-refractivity contribution in [2.45, 2.75) is 13.8 Å². The largest absolute Gasteiger partial charge is 0.300 e. The molecule has 4 heteroatoms. The molecule has 1 rings (SSSR count). The van der Waals surface area contributed by atoms with Crippen molar-refractivity contribution in [3.63, 3.8) is 0 Å². The maximum absolute atomic E-state index is 11.6. The van der Waals surface area contributed by atoms with E-state index in [1.54, 1.807) is 18.1 Å². The summed E-state index contributed by atoms with van der Waals surface area (Å²) in [5.41, 5.74) is 0. The molecule has 0 bridgehead atoms. The van der Waals surface area contributed by atoms with E-state index in [2.05, 4.69) is 20.9 Å². The predicted octanol–water partition coefficient (Wildman–Crippen LogP) is 2.46. The Balaban J connectivity index is 2.84. The van der Waals surface area contributed by atoms with Crippen LogP contribution in [0, 0.1) is 5.92 Å². The maximum Gasteiger partial charge on any atom is 0.230 e. The lowest BCUT2D eigenvalue weighted by atomic mass is 10.2. The van der Waals surface area contributed by atoms with Gasteiger partial charge in [-0.3, -0.25) is 9.69 Å². The molecule has 0 N–H and O–H groups in total. The molecule has 14 heavy (non-hydrogen) atoms. The lowest BCUT2D eigenvalue weighted by molar-refractivity contribution is -0.121. The zero-order chi connectivity index (χ0) is 10.7. The third-order valence-corrected chi connectivity index (χ3v) is 2.35. The minimum absolute atomic E-state index is 0.00885. The minimum Gasteiger partial charge on any atom is -0.300 e. The van der Waals surface area contributed by atoms with E-state index in [1.165, 1.54) is 0 Å². The monoisotopic (exact) mass is 256 g/mol. The van der Waals surface area contributed by atoms with Gasteiger partial charge in [-0.05, 0) is 28.1 Å². The summed E-state index contributed by atoms with van der Waals surface area (Å²) in [5, 5.41) is 0. The van der Waals surface area contributed by atoms with Crippen molar-refractivity contribution in [2.75, 3.05) is 11.9 Å². The van der Waals surface area contributed by atoms with Gasteiger partial charge < -0.3 is 0 Å². The number of hydrogen-bond donors (Lipinski definition) is 0. The highest BCUT2D eigenvalue weighted by atomic mass is 79.9. The fourth-order valence-electron chi connectivity index (χ4n) is 1.07. The topological polar surface area (TPSA) is 33.2 Å². The standard InChI is InChI=1S/C10H13BrN2O/c1-7(2)10(14)13(3)9-5-4-8(11)6-12-9/h4-7H,1-3H3. The highest BCUT2D eigenvalue weighted by Gasteiger charge is 2.14. The number of pyridine rings is 1. The van der Waals surface area contributed by atoms with Crippen molar-refractivity contribution in [1.29, 1.82) is 0 Å². The van der Waals surface area contributed by atoms with Crippen LogP contribution in [0.1, 0.15) is 13.8 Å². The smallest absolute Gasteiger partial charge is 0.230 e. The molecule has 0 aliphatic rings. The maximum atomic E-state index is 11.6. The molecular formula is C10H13BrN2O. The Morgan fingerprint density at radius 3 is 2.57 bits per heavy atom. The zero-order valence-electron chi connectivity index (χ0n) is 8.49. The van der Waals surface area contributed by atoms with Gasteiger partial charge in [-0.1, -0.05) is 13.8 Å². The molecular weight excluding hydrogens is 244 g/mol. The van der Waals surface area contributed by atoms with Crippen LogP contribution in [0.2, 0.25) is 0 Å². The second-order valence-electron chi connectivity index (χ2n) is 3.39. The average molecular weight is 257 g/mol. The summed E-state index contributed by atoms with van der Waals surface area (Å²) >= 11 is 3.29. The average Bonchev–Trinajstić information content (AvgIpc) is 2.16. The molecule has 1 amide bonds. The Kier molecular flexibility index (Phi) is 3.63. The molecule has 1 aromatic heterocycles. The van der Waals surface area contributed by atoms with E-state index in [1.807, 2.05) is 26.0 Å². The van der Waals surface area contributed by atoms with Crippen LogP contribution in [0.5, 0.6) is 0 Å². The van der Waals surface area contributed by atoms with Gasteiger partial charge in [0, 0.05) is 23.6 Å². The molecule has 76 valence electrons. The van der Waals surface area contributed by atoms with E-state index in [-0.39, 0.29) is 11.8 Å². The molecule has 0 saturated heterocycles. The first-order valence-electron chi connectivity index (χ1n) is 4.41. The molecule has 3 nitrogen and oxygen atoms in total. The van der Waals surface area contributed by atoms with Crippen molar-refractivity contribution in [3.8, 4) is 0 Å². The number of hydrogen-bond acceptors (Lipinski definition) is 2. The third-order valence-electron chi connectivity index (χ3n) is 1.88. The van der Waals surface area contributed by atoms with Gasteiger partial charge in [-0.25, -0.2) is 4.98 Å². The zero-order valence-corrected chi connectivity index (χ0v) is 10.1. The lowest BCUT2D eigenvalue weighted by Gasteiger charge is -2.18. The summed E-state index contributed by atoms with van der Waals surface area (Å²) in [7, 11) is 1.73. The highest BCUT2D eigenvalue weighted by Crippen LogP contribution is 2.15. The SMILES string of the molecule is CC(C)C(=O)N(C)c1ccc(Br)cn1. The highest BCUT2D eigenvalue weighted by molar-refractivity contribution is 9.10. The van der Waals surface area contributed by atoms with E-state index >= 15 is 0 Å². The summed E-state index contributed by atoms with van der Waals surface area (Å²) < 4.78 is 0.909. The summed E-state index contributed by atoms with van der Waals surface area (Å²) in [6.07, 6.45) is 1.68. The predicted molar refractivity (Wildman–Crippen MR) is 60.2 cm³/mol. The van der Waals surface area contributed by atoms with Gasteiger partial charge in [-0.15, -0.1) is 0 Å². The second kappa shape index (κ2) is 4.55. The number of carbonyl (C=O) groups is 1. The Morgan fingerprint density at radius 1 is 1.50 bits per heavy atom. The molecule has 0 aromatic carbocycles. The first-order chi connectivity index (χ1) is 6.52. The van der Waals surface area contributed by atoms with E-state index in [9.17, 15) is 4.79 Å². The van der Waals surface area contributed by atoms with Crippen LogP contribution >= 0.6 is 15.9 Å². The number of aromatic nitrogens is 1. The van der Waals surface area contributed by atoms with Crippen molar-refractivity contribution in [3.05, 3.63) is 22.8 Å². The molecule has 0 atom stereocenters. The molecule has 0 aliphatic heterocycles. The van der Waals surface area contributed by atoms with Crippen LogP contribution in [0.3, 0.4) is 0 Å². The summed E-state index contributed by atoms with van der Waals surface area (Å²) in [5.74, 6) is 0.733. The Hall–Kier alpha value is -0.900. The Bertz CT molecular complexity index is 321. The van der Waals surface area contributed by atoms with Crippen LogP contribution in [0.15, 0.2) is 22.8 Å². The number of anilines is 1. The van der Waals surface area contributed by atoms with Gasteiger partial charge in [0.2, 0.25) is 5.91 Å². The van der Waals surface area contributed by atoms with Crippen molar-refractivity contribution in [2.24, 2.45) is 5.92 Å². The number of nitrogens with zero attached hydrogens (tertiary/aromatic N) is 2. The summed E-state index contributed by atoms with van der Waals surface area (Å²) in [6, 6.07) is 3.68. The van der Waals surface area contributed by atoms with E-state index in [0.717, 1.165) is 4.47 Å². The Labute approximate surface area is 92.3 Å². The first-order valence-corrected chi connectivity index (χ1v) is 5.21. The van der Waals surface area contributed by atoms with Crippen LogP contribution in [-0.2, 0) is 4.79 Å². The minimum atomic E-state index is -0.00885. The summed E-state index contributed by atoms with van der Waals surface area (Å²) in [4.78, 5) is 17.3. The molecule has 1 heterocycles. The van der Waals surface area contributed by atoms with Crippen LogP contribution in [0.4, 0.5) is 5.82 Å². The number of carbonyl (C=O) groups excluding carboxylic acids is 1. The van der Waals surface area contributed by atoms with Gasteiger partial charge in [0.25, 0.3) is 0 Å². The Morgan fingerprint density at radius 2 is 2.14 bits per heavy atom. The second-order valence-corrected chi connectivity index (χ2v) is 4.30. The van der Waals surface area contributed by atoms with Gasteiger partial charge in [-0.2, -0.15) is 0 Å². The van der Waals surface area contributed by atoms with E-state index in [4.69, 9.17) is 0 Å². The van der Waals surface area contributed by atoms with Gasteiger partial charge in [0.1, 0.15) is 5.82 Å². The molecule has 0 fully saturated rings. The van der Waals surface area contributed by atoms with Gasteiger partial charge in [0.05, 0.1) is 0 Å². The number of rotatable bonds is 2. The molecule has 0 spiro atoms. The fraction of sp³-hybridized carbons (Fsp3) is 0.400. The number of amides is 1. The lowest BCUT2D eigenvalue weighted by Crippen LogP contribution is -2.30. The first kappa shape index (κ1) is 11.2. The quantitative estimate of drug-likeness (QED) is 0.815. The molecule has 0 saturated carbocycles.